The van der Waals surface area contributed by atoms with E-state index in [1.165, 1.54) is 18.2 Å². The fraction of sp³-hybridized carbons (Fsp3) is 0.594. The van der Waals surface area contributed by atoms with E-state index in [9.17, 15) is 22.4 Å². The molecule has 0 aliphatic heterocycles. The molecule has 214 valence electrons. The summed E-state index contributed by atoms with van der Waals surface area (Å²) in [4.78, 5) is 12.7. The minimum absolute atomic E-state index is 0.0345. The van der Waals surface area contributed by atoms with Crippen LogP contribution in [0, 0.1) is 29.2 Å². The van der Waals surface area contributed by atoms with Crippen molar-refractivity contribution in [2.75, 3.05) is 6.61 Å². The zero-order valence-corrected chi connectivity index (χ0v) is 23.0. The number of unbranched alkanes of at least 4 members (excludes halogenated alkanes) is 3. The number of carbonyl (C=O) groups excluding carboxylic acids is 1. The molecule has 39 heavy (non-hydrogen) atoms. The number of ether oxygens (including phenoxy) is 2. The number of carbonyl (C=O) groups is 1. The summed E-state index contributed by atoms with van der Waals surface area (Å²) in [5.74, 6) is -4.62. The first-order valence-corrected chi connectivity index (χ1v) is 14.6. The molecule has 2 aromatic rings. The first kappa shape index (κ1) is 29.4. The van der Waals surface area contributed by atoms with Crippen molar-refractivity contribution in [1.29, 1.82) is 0 Å². The lowest BCUT2D eigenvalue weighted by molar-refractivity contribution is 0.0188. The van der Waals surface area contributed by atoms with Gasteiger partial charge in [-0.3, -0.25) is 0 Å². The molecule has 0 saturated heterocycles. The largest absolute Gasteiger partial charge is 0.490 e. The van der Waals surface area contributed by atoms with E-state index in [-0.39, 0.29) is 23.1 Å². The van der Waals surface area contributed by atoms with Crippen molar-refractivity contribution in [1.82, 2.24) is 0 Å². The average Bonchev–Trinajstić information content (AvgIpc) is 2.93. The molecule has 0 heterocycles. The summed E-state index contributed by atoms with van der Waals surface area (Å²) in [5.41, 5.74) is 0.219. The van der Waals surface area contributed by atoms with E-state index in [4.69, 9.17) is 9.47 Å². The molecular formula is C32H40F4O3. The zero-order chi connectivity index (χ0) is 27.9. The Hall–Kier alpha value is -2.57. The van der Waals surface area contributed by atoms with E-state index in [1.54, 1.807) is 6.07 Å². The van der Waals surface area contributed by atoms with Gasteiger partial charge in [0.1, 0.15) is 6.10 Å². The van der Waals surface area contributed by atoms with Gasteiger partial charge < -0.3 is 9.47 Å². The Morgan fingerprint density at radius 3 is 1.97 bits per heavy atom. The van der Waals surface area contributed by atoms with Crippen molar-refractivity contribution in [3.05, 3.63) is 64.2 Å². The van der Waals surface area contributed by atoms with Gasteiger partial charge in [0, 0.05) is 0 Å². The molecule has 0 atom stereocenters. The highest BCUT2D eigenvalue weighted by molar-refractivity contribution is 5.90. The SMILES string of the molecule is CCCCCCOc1ccc(C2CCC(OC(=O)c3ccc(C4CCC(C)CC4)c(F)c3F)CC2)c(F)c1F. The molecule has 0 aromatic heterocycles. The van der Waals surface area contributed by atoms with Gasteiger partial charge in [0.05, 0.1) is 12.2 Å². The van der Waals surface area contributed by atoms with Crippen LogP contribution in [0.25, 0.3) is 0 Å². The Labute approximate surface area is 229 Å². The summed E-state index contributed by atoms with van der Waals surface area (Å²) in [6.45, 7) is 4.61. The van der Waals surface area contributed by atoms with Crippen LogP contribution in [0.3, 0.4) is 0 Å². The van der Waals surface area contributed by atoms with Crippen molar-refractivity contribution in [2.24, 2.45) is 5.92 Å². The molecule has 0 amide bonds. The van der Waals surface area contributed by atoms with Crippen molar-refractivity contribution < 1.29 is 31.8 Å². The van der Waals surface area contributed by atoms with E-state index < -0.39 is 40.9 Å². The summed E-state index contributed by atoms with van der Waals surface area (Å²) in [6.07, 6.45) is 8.85. The molecule has 0 unspecified atom stereocenters. The lowest BCUT2D eigenvalue weighted by atomic mass is 9.79. The van der Waals surface area contributed by atoms with E-state index in [2.05, 4.69) is 13.8 Å². The van der Waals surface area contributed by atoms with Crippen LogP contribution in [0.4, 0.5) is 17.6 Å². The van der Waals surface area contributed by atoms with Crippen molar-refractivity contribution in [3.63, 3.8) is 0 Å². The van der Waals surface area contributed by atoms with Gasteiger partial charge in [-0.1, -0.05) is 58.1 Å². The third kappa shape index (κ3) is 7.15. The Kier molecular flexibility index (Phi) is 10.3. The molecule has 0 N–H and O–H groups in total. The van der Waals surface area contributed by atoms with E-state index in [0.29, 0.717) is 43.8 Å². The highest BCUT2D eigenvalue weighted by Crippen LogP contribution is 2.39. The molecule has 2 aliphatic carbocycles. The number of hydrogen-bond acceptors (Lipinski definition) is 3. The van der Waals surface area contributed by atoms with Gasteiger partial charge in [-0.25, -0.2) is 18.0 Å². The molecule has 7 heteroatoms. The summed E-state index contributed by atoms with van der Waals surface area (Å²) < 4.78 is 70.2. The predicted molar refractivity (Wildman–Crippen MR) is 143 cm³/mol. The van der Waals surface area contributed by atoms with Gasteiger partial charge in [-0.2, -0.15) is 4.39 Å². The first-order valence-electron chi connectivity index (χ1n) is 14.6. The number of rotatable bonds is 10. The third-order valence-corrected chi connectivity index (χ3v) is 8.51. The van der Waals surface area contributed by atoms with Gasteiger partial charge >= 0.3 is 5.97 Å². The summed E-state index contributed by atoms with van der Waals surface area (Å²) >= 11 is 0. The third-order valence-electron chi connectivity index (χ3n) is 8.51. The quantitative estimate of drug-likeness (QED) is 0.169. The zero-order valence-electron chi connectivity index (χ0n) is 23.0. The molecular weight excluding hydrogens is 508 g/mol. The molecule has 0 radical (unpaired) electrons. The second kappa shape index (κ2) is 13.7. The molecule has 2 aliphatic rings. The minimum Gasteiger partial charge on any atom is -0.490 e. The smallest absolute Gasteiger partial charge is 0.341 e. The predicted octanol–water partition coefficient (Wildman–Crippen LogP) is 9.38. The first-order chi connectivity index (χ1) is 18.8. The van der Waals surface area contributed by atoms with Gasteiger partial charge in [0.15, 0.2) is 23.2 Å². The minimum atomic E-state index is -1.16. The van der Waals surface area contributed by atoms with Gasteiger partial charge in [0.2, 0.25) is 5.82 Å². The molecule has 2 fully saturated rings. The van der Waals surface area contributed by atoms with Crippen LogP contribution < -0.4 is 4.74 Å². The van der Waals surface area contributed by atoms with Crippen LogP contribution in [-0.2, 0) is 4.74 Å². The Balaban J connectivity index is 1.31. The van der Waals surface area contributed by atoms with Crippen molar-refractivity contribution in [2.45, 2.75) is 109 Å². The van der Waals surface area contributed by atoms with Gasteiger partial charge in [0.25, 0.3) is 0 Å². The van der Waals surface area contributed by atoms with Crippen LogP contribution in [0.15, 0.2) is 24.3 Å². The average molecular weight is 549 g/mol. The maximum absolute atomic E-state index is 14.9. The van der Waals surface area contributed by atoms with Crippen molar-refractivity contribution >= 4 is 5.97 Å². The van der Waals surface area contributed by atoms with Crippen LogP contribution in [0.5, 0.6) is 5.75 Å². The van der Waals surface area contributed by atoms with Crippen molar-refractivity contribution in [3.8, 4) is 5.75 Å². The van der Waals surface area contributed by atoms with Gasteiger partial charge in [-0.15, -0.1) is 0 Å². The van der Waals surface area contributed by atoms with Crippen LogP contribution in [-0.4, -0.2) is 18.7 Å². The second-order valence-corrected chi connectivity index (χ2v) is 11.4. The fourth-order valence-corrected chi connectivity index (χ4v) is 6.00. The summed E-state index contributed by atoms with van der Waals surface area (Å²) in [5, 5.41) is 0. The number of hydrogen-bond donors (Lipinski definition) is 0. The van der Waals surface area contributed by atoms with Crippen LogP contribution in [0.2, 0.25) is 0 Å². The summed E-state index contributed by atoms with van der Waals surface area (Å²) in [6, 6.07) is 5.89. The lowest BCUT2D eigenvalue weighted by Gasteiger charge is -2.29. The molecule has 0 spiro atoms. The Bertz CT molecular complexity index is 1120. The van der Waals surface area contributed by atoms with E-state index in [0.717, 1.165) is 51.4 Å². The van der Waals surface area contributed by atoms with Crippen LogP contribution >= 0.6 is 0 Å². The number of esters is 1. The van der Waals surface area contributed by atoms with E-state index in [1.807, 2.05) is 0 Å². The van der Waals surface area contributed by atoms with E-state index >= 15 is 0 Å². The summed E-state index contributed by atoms with van der Waals surface area (Å²) in [7, 11) is 0. The highest BCUT2D eigenvalue weighted by Gasteiger charge is 2.31. The number of benzene rings is 2. The molecule has 2 aromatic carbocycles. The maximum atomic E-state index is 14.9. The Morgan fingerprint density at radius 2 is 1.33 bits per heavy atom. The molecule has 0 bridgehead atoms. The molecule has 4 rings (SSSR count). The topological polar surface area (TPSA) is 35.5 Å². The van der Waals surface area contributed by atoms with Gasteiger partial charge in [-0.05, 0) is 86.0 Å². The highest BCUT2D eigenvalue weighted by atomic mass is 19.2. The monoisotopic (exact) mass is 548 g/mol. The maximum Gasteiger partial charge on any atom is 0.341 e. The standard InChI is InChI=1S/C32H40F4O3/c1-3-4-5-6-19-38-27-18-17-25(29(34)31(27)36)22-11-13-23(14-12-22)39-32(37)26-16-15-24(28(33)30(26)35)21-9-7-20(2)8-10-21/h15-18,20-23H,3-14,19H2,1-2H3. The molecule has 2 saturated carbocycles. The number of halogens is 4. The lowest BCUT2D eigenvalue weighted by Crippen LogP contribution is -2.25. The molecule has 3 nitrogen and oxygen atoms in total. The van der Waals surface area contributed by atoms with Crippen LogP contribution in [0.1, 0.15) is 124 Å². The fourth-order valence-electron chi connectivity index (χ4n) is 6.00. The Morgan fingerprint density at radius 1 is 0.744 bits per heavy atom. The normalized spacial score (nSPS) is 23.4. The second-order valence-electron chi connectivity index (χ2n) is 11.4.